The third kappa shape index (κ3) is 3.37. The molecule has 4 nitrogen and oxygen atoms in total. The van der Waals surface area contributed by atoms with Gasteiger partial charge in [-0.3, -0.25) is 4.79 Å². The predicted octanol–water partition coefficient (Wildman–Crippen LogP) is 6.31. The van der Waals surface area contributed by atoms with Crippen molar-refractivity contribution in [2.45, 2.75) is 19.4 Å². The van der Waals surface area contributed by atoms with Gasteiger partial charge < -0.3 is 0 Å². The highest BCUT2D eigenvalue weighted by atomic mass is 35.5. The second-order valence-corrected chi connectivity index (χ2v) is 9.19. The Labute approximate surface area is 181 Å². The molecule has 0 aliphatic carbocycles. The summed E-state index contributed by atoms with van der Waals surface area (Å²) in [5.74, 6) is -0.114. The molecule has 144 valence electrons. The Morgan fingerprint density at radius 1 is 1.14 bits per heavy atom. The molecule has 0 bridgehead atoms. The van der Waals surface area contributed by atoms with Crippen LogP contribution >= 0.6 is 34.3 Å². The quantitative estimate of drug-likeness (QED) is 0.352. The number of aromatic nitrogens is 1. The molecule has 0 spiro atoms. The third-order valence-corrected chi connectivity index (χ3v) is 7.05. The van der Waals surface area contributed by atoms with Gasteiger partial charge in [-0.25, -0.2) is 9.99 Å². The van der Waals surface area contributed by atoms with Crippen LogP contribution in [-0.2, 0) is 0 Å². The molecule has 1 aromatic carbocycles. The van der Waals surface area contributed by atoms with E-state index in [9.17, 15) is 4.79 Å². The molecule has 1 aliphatic rings. The van der Waals surface area contributed by atoms with Crippen molar-refractivity contribution in [3.05, 3.63) is 85.3 Å². The standard InChI is InChI=1S/C22H16ClN3OS2/c1-13-6-7-16-14(10-13)11-15(21(23)24-16)18-12-17(19-4-2-8-28-19)25-26(18)22(27)20-5-3-9-29-20/h2-11,18H,12H2,1H3. The summed E-state index contributed by atoms with van der Waals surface area (Å²) in [6, 6.07) is 15.6. The molecule has 4 aromatic rings. The molecule has 29 heavy (non-hydrogen) atoms. The van der Waals surface area contributed by atoms with Gasteiger partial charge >= 0.3 is 0 Å². The van der Waals surface area contributed by atoms with E-state index in [4.69, 9.17) is 16.7 Å². The van der Waals surface area contributed by atoms with E-state index in [-0.39, 0.29) is 11.9 Å². The average Bonchev–Trinajstić information content (AvgIpc) is 3.48. The lowest BCUT2D eigenvalue weighted by Gasteiger charge is -2.22. The molecule has 0 saturated carbocycles. The zero-order valence-corrected chi connectivity index (χ0v) is 17.9. The van der Waals surface area contributed by atoms with Crippen LogP contribution in [0.1, 0.15) is 38.1 Å². The van der Waals surface area contributed by atoms with E-state index in [0.29, 0.717) is 16.5 Å². The zero-order chi connectivity index (χ0) is 20.0. The summed E-state index contributed by atoms with van der Waals surface area (Å²) in [7, 11) is 0. The third-order valence-electron chi connectivity index (χ3n) is 4.97. The number of thiophene rings is 2. The van der Waals surface area contributed by atoms with Gasteiger partial charge in [-0.2, -0.15) is 5.10 Å². The fourth-order valence-corrected chi connectivity index (χ4v) is 5.21. The van der Waals surface area contributed by atoms with Crippen molar-refractivity contribution in [2.24, 2.45) is 5.10 Å². The van der Waals surface area contributed by atoms with Crippen LogP contribution in [0, 0.1) is 6.92 Å². The maximum Gasteiger partial charge on any atom is 0.284 e. The highest BCUT2D eigenvalue weighted by molar-refractivity contribution is 7.12. The monoisotopic (exact) mass is 437 g/mol. The van der Waals surface area contributed by atoms with E-state index in [2.05, 4.69) is 11.1 Å². The first kappa shape index (κ1) is 18.5. The first-order chi connectivity index (χ1) is 14.1. The van der Waals surface area contributed by atoms with Gasteiger partial charge in [-0.15, -0.1) is 22.7 Å². The van der Waals surface area contributed by atoms with E-state index in [1.54, 1.807) is 16.3 Å². The largest absolute Gasteiger partial charge is 0.284 e. The van der Waals surface area contributed by atoms with Gasteiger partial charge in [0, 0.05) is 17.4 Å². The first-order valence-electron chi connectivity index (χ1n) is 9.15. The number of benzene rings is 1. The van der Waals surface area contributed by atoms with E-state index >= 15 is 0 Å². The van der Waals surface area contributed by atoms with Crippen molar-refractivity contribution >= 4 is 56.8 Å². The van der Waals surface area contributed by atoms with Crippen LogP contribution < -0.4 is 0 Å². The fraction of sp³-hybridized carbons (Fsp3) is 0.136. The number of rotatable bonds is 3. The van der Waals surface area contributed by atoms with Gasteiger partial charge in [0.25, 0.3) is 5.91 Å². The molecule has 0 radical (unpaired) electrons. The number of aryl methyl sites for hydroxylation is 1. The minimum atomic E-state index is -0.286. The summed E-state index contributed by atoms with van der Waals surface area (Å²) in [6.07, 6.45) is 0.607. The van der Waals surface area contributed by atoms with Gasteiger partial charge in [-0.05, 0) is 48.0 Å². The summed E-state index contributed by atoms with van der Waals surface area (Å²) in [5.41, 5.74) is 3.72. The summed E-state index contributed by atoms with van der Waals surface area (Å²) in [5, 5.41) is 11.6. The summed E-state index contributed by atoms with van der Waals surface area (Å²) in [6.45, 7) is 2.05. The summed E-state index contributed by atoms with van der Waals surface area (Å²) < 4.78 is 0. The van der Waals surface area contributed by atoms with E-state index in [1.165, 1.54) is 11.3 Å². The van der Waals surface area contributed by atoms with Gasteiger partial charge in [0.1, 0.15) is 5.15 Å². The zero-order valence-electron chi connectivity index (χ0n) is 15.5. The number of hydrogen-bond donors (Lipinski definition) is 0. The number of nitrogens with zero attached hydrogens (tertiary/aromatic N) is 3. The van der Waals surface area contributed by atoms with Crippen LogP contribution in [0.4, 0.5) is 0 Å². The molecule has 1 amide bonds. The van der Waals surface area contributed by atoms with Crippen LogP contribution in [0.15, 0.2) is 64.4 Å². The normalized spacial score (nSPS) is 16.4. The molecule has 7 heteroatoms. The Morgan fingerprint density at radius 2 is 1.97 bits per heavy atom. The molecule has 1 aliphatic heterocycles. The van der Waals surface area contributed by atoms with Crippen LogP contribution in [0.3, 0.4) is 0 Å². The van der Waals surface area contributed by atoms with Crippen LogP contribution in [0.5, 0.6) is 0 Å². The minimum absolute atomic E-state index is 0.114. The smallest absolute Gasteiger partial charge is 0.266 e. The van der Waals surface area contributed by atoms with E-state index in [0.717, 1.165) is 32.6 Å². The van der Waals surface area contributed by atoms with Crippen molar-refractivity contribution in [3.63, 3.8) is 0 Å². The van der Waals surface area contributed by atoms with Crippen molar-refractivity contribution < 1.29 is 4.79 Å². The lowest BCUT2D eigenvalue weighted by Crippen LogP contribution is -2.26. The summed E-state index contributed by atoms with van der Waals surface area (Å²) >= 11 is 9.63. The lowest BCUT2D eigenvalue weighted by molar-refractivity contribution is 0.0716. The number of amides is 1. The Bertz CT molecular complexity index is 1230. The van der Waals surface area contributed by atoms with Gasteiger partial charge in [0.2, 0.25) is 0 Å². The predicted molar refractivity (Wildman–Crippen MR) is 120 cm³/mol. The molecule has 3 aromatic heterocycles. The number of carbonyl (C=O) groups excluding carboxylic acids is 1. The second-order valence-electron chi connectivity index (χ2n) is 6.94. The van der Waals surface area contributed by atoms with Crippen LogP contribution in [0.2, 0.25) is 5.15 Å². The molecule has 4 heterocycles. The van der Waals surface area contributed by atoms with Gasteiger partial charge in [-0.1, -0.05) is 35.4 Å². The average molecular weight is 438 g/mol. The Balaban J connectivity index is 1.61. The Kier molecular flexibility index (Phi) is 4.70. The second kappa shape index (κ2) is 7.37. The minimum Gasteiger partial charge on any atom is -0.266 e. The molecule has 0 saturated heterocycles. The van der Waals surface area contributed by atoms with Crippen LogP contribution in [0.25, 0.3) is 10.9 Å². The molecule has 1 unspecified atom stereocenters. The Morgan fingerprint density at radius 3 is 2.72 bits per heavy atom. The maximum absolute atomic E-state index is 13.2. The number of carbonyl (C=O) groups is 1. The van der Waals surface area contributed by atoms with Gasteiger partial charge in [0.15, 0.2) is 0 Å². The molecule has 0 N–H and O–H groups in total. The molecule has 0 fully saturated rings. The lowest BCUT2D eigenvalue weighted by atomic mass is 10.0. The van der Waals surface area contributed by atoms with E-state index in [1.807, 2.05) is 60.1 Å². The number of hydrazone groups is 1. The molecule has 5 rings (SSSR count). The molecule has 1 atom stereocenters. The highest BCUT2D eigenvalue weighted by Gasteiger charge is 2.36. The topological polar surface area (TPSA) is 45.6 Å². The number of pyridine rings is 1. The number of fused-ring (bicyclic) bond motifs is 1. The SMILES string of the molecule is Cc1ccc2nc(Cl)c(C3CC(c4cccs4)=NN3C(=O)c3cccs3)cc2c1. The Hall–Kier alpha value is -2.54. The van der Waals surface area contributed by atoms with Crippen molar-refractivity contribution in [2.75, 3.05) is 0 Å². The first-order valence-corrected chi connectivity index (χ1v) is 11.3. The fourth-order valence-electron chi connectivity index (χ4n) is 3.57. The van der Waals surface area contributed by atoms with Crippen molar-refractivity contribution in [1.82, 2.24) is 9.99 Å². The van der Waals surface area contributed by atoms with Gasteiger partial charge in [0.05, 0.1) is 27.0 Å². The molecular formula is C22H16ClN3OS2. The van der Waals surface area contributed by atoms with Crippen molar-refractivity contribution in [3.8, 4) is 0 Å². The summed E-state index contributed by atoms with van der Waals surface area (Å²) in [4.78, 5) is 19.5. The number of halogens is 1. The highest BCUT2D eigenvalue weighted by Crippen LogP contribution is 2.39. The van der Waals surface area contributed by atoms with Crippen LogP contribution in [-0.4, -0.2) is 21.6 Å². The van der Waals surface area contributed by atoms with Crippen molar-refractivity contribution in [1.29, 1.82) is 0 Å². The number of hydrogen-bond acceptors (Lipinski definition) is 5. The molecular weight excluding hydrogens is 422 g/mol. The van der Waals surface area contributed by atoms with E-state index < -0.39 is 0 Å². The maximum atomic E-state index is 13.2.